The van der Waals surface area contributed by atoms with E-state index in [4.69, 9.17) is 5.11 Å². The Kier molecular flexibility index (Phi) is 2.55. The van der Waals surface area contributed by atoms with Crippen molar-refractivity contribution in [2.24, 2.45) is 10.1 Å². The van der Waals surface area contributed by atoms with Crippen LogP contribution in [0.25, 0.3) is 0 Å². The molecule has 12 heavy (non-hydrogen) atoms. The zero-order valence-corrected chi connectivity index (χ0v) is 6.06. The van der Waals surface area contributed by atoms with Crippen LogP contribution >= 0.6 is 0 Å². The summed E-state index contributed by atoms with van der Waals surface area (Å²) in [4.78, 5) is 27.8. The first-order valence-electron chi connectivity index (χ1n) is 3.24. The molecular weight excluding hydrogens is 164 g/mol. The minimum Gasteiger partial charge on any atom is -0.481 e. The highest BCUT2D eigenvalue weighted by atomic mass is 16.6. The highest BCUT2D eigenvalue weighted by Gasteiger charge is 2.23. The fourth-order valence-corrected chi connectivity index (χ4v) is 0.836. The molecule has 0 aromatic rings. The van der Waals surface area contributed by atoms with Gasteiger partial charge in [0.2, 0.25) is 6.08 Å². The van der Waals surface area contributed by atoms with Gasteiger partial charge in [-0.05, 0) is 0 Å². The number of carbonyl (C=O) groups is 1. The number of amidine groups is 1. The molecule has 0 fully saturated rings. The largest absolute Gasteiger partial charge is 0.481 e. The first-order valence-corrected chi connectivity index (χ1v) is 3.24. The Labute approximate surface area is 67.5 Å². The van der Waals surface area contributed by atoms with E-state index >= 15 is 0 Å². The van der Waals surface area contributed by atoms with Crippen LogP contribution in [0, 0.1) is 0 Å². The van der Waals surface area contributed by atoms with Gasteiger partial charge in [-0.25, -0.2) is 4.79 Å². The number of aliphatic imine (C=N–C) groups is 1. The van der Waals surface area contributed by atoms with Crippen molar-refractivity contribution in [1.82, 2.24) is 0 Å². The molecule has 1 heterocycles. The summed E-state index contributed by atoms with van der Waals surface area (Å²) in [7, 11) is 0. The number of isocyanates is 1. The summed E-state index contributed by atoms with van der Waals surface area (Å²) in [6.45, 7) is 0. The van der Waals surface area contributed by atoms with Crippen LogP contribution in [0.4, 0.5) is 0 Å². The molecule has 0 spiro atoms. The van der Waals surface area contributed by atoms with E-state index in [1.807, 2.05) is 0 Å². The Hall–Kier alpha value is -1.68. The molecular formula is C6H6N2O4. The molecule has 1 rings (SSSR count). The van der Waals surface area contributed by atoms with Crippen LogP contribution in [0.2, 0.25) is 0 Å². The lowest BCUT2D eigenvalue weighted by Gasteiger charge is -2.01. The molecule has 1 unspecified atom stereocenters. The third-order valence-electron chi connectivity index (χ3n) is 1.29. The number of rotatable bonds is 2. The summed E-state index contributed by atoms with van der Waals surface area (Å²) < 4.78 is 0. The van der Waals surface area contributed by atoms with Crippen molar-refractivity contribution in [3.05, 3.63) is 0 Å². The smallest absolute Gasteiger partial charge is 0.307 e. The first-order chi connectivity index (χ1) is 5.72. The highest BCUT2D eigenvalue weighted by Crippen LogP contribution is 2.13. The summed E-state index contributed by atoms with van der Waals surface area (Å²) >= 11 is 0. The molecule has 1 atom stereocenters. The van der Waals surface area contributed by atoms with Gasteiger partial charge in [0.25, 0.3) is 0 Å². The van der Waals surface area contributed by atoms with E-state index in [2.05, 4.69) is 15.0 Å². The van der Waals surface area contributed by atoms with Gasteiger partial charge in [-0.3, -0.25) is 4.79 Å². The van der Waals surface area contributed by atoms with Gasteiger partial charge in [-0.1, -0.05) is 5.16 Å². The van der Waals surface area contributed by atoms with Crippen molar-refractivity contribution < 1.29 is 19.5 Å². The number of hydrogen-bond acceptors (Lipinski definition) is 5. The lowest BCUT2D eigenvalue weighted by molar-refractivity contribution is -0.139. The average molecular weight is 170 g/mol. The van der Waals surface area contributed by atoms with E-state index in [1.165, 1.54) is 6.08 Å². The summed E-state index contributed by atoms with van der Waals surface area (Å²) in [6, 6.07) is 0. The van der Waals surface area contributed by atoms with Crippen molar-refractivity contribution in [2.45, 2.75) is 18.9 Å². The quantitative estimate of drug-likeness (QED) is 0.463. The molecule has 0 bridgehead atoms. The number of aliphatic carboxylic acids is 1. The van der Waals surface area contributed by atoms with Crippen molar-refractivity contribution in [2.75, 3.05) is 0 Å². The average Bonchev–Trinajstić information content (AvgIpc) is 2.36. The van der Waals surface area contributed by atoms with Gasteiger partial charge in [0.15, 0.2) is 5.84 Å². The van der Waals surface area contributed by atoms with Gasteiger partial charge in [0, 0.05) is 0 Å². The minimum absolute atomic E-state index is 0.138. The monoisotopic (exact) mass is 170 g/mol. The SMILES string of the molecule is O=C=NC1=NOC(CC(=O)O)C1. The molecule has 0 saturated carbocycles. The van der Waals surface area contributed by atoms with Crippen molar-refractivity contribution in [3.8, 4) is 0 Å². The third kappa shape index (κ3) is 2.17. The van der Waals surface area contributed by atoms with Gasteiger partial charge in [-0.15, -0.1) is 4.99 Å². The molecule has 0 aromatic carbocycles. The number of carbonyl (C=O) groups excluding carboxylic acids is 1. The Bertz CT molecular complexity index is 267. The maximum atomic E-state index is 10.2. The topological polar surface area (TPSA) is 88.3 Å². The molecule has 6 nitrogen and oxygen atoms in total. The van der Waals surface area contributed by atoms with Crippen LogP contribution in [0.15, 0.2) is 10.1 Å². The zero-order chi connectivity index (χ0) is 8.97. The highest BCUT2D eigenvalue weighted by molar-refractivity contribution is 5.88. The van der Waals surface area contributed by atoms with E-state index in [1.54, 1.807) is 0 Å². The van der Waals surface area contributed by atoms with Crippen molar-refractivity contribution >= 4 is 17.9 Å². The summed E-state index contributed by atoms with van der Waals surface area (Å²) in [5.41, 5.74) is 0. The Morgan fingerprint density at radius 2 is 2.67 bits per heavy atom. The Morgan fingerprint density at radius 1 is 1.92 bits per heavy atom. The Morgan fingerprint density at radius 3 is 3.25 bits per heavy atom. The van der Waals surface area contributed by atoms with Gasteiger partial charge in [-0.2, -0.15) is 0 Å². The van der Waals surface area contributed by atoms with Crippen LogP contribution in [0.1, 0.15) is 12.8 Å². The lowest BCUT2D eigenvalue weighted by atomic mass is 10.2. The van der Waals surface area contributed by atoms with E-state index in [0.29, 0.717) is 0 Å². The van der Waals surface area contributed by atoms with Gasteiger partial charge in [0.05, 0.1) is 12.8 Å². The number of hydrogen-bond donors (Lipinski definition) is 1. The van der Waals surface area contributed by atoms with Gasteiger partial charge in [0.1, 0.15) is 6.10 Å². The summed E-state index contributed by atoms with van der Waals surface area (Å²) in [6.07, 6.45) is 0.909. The molecule has 0 radical (unpaired) electrons. The second kappa shape index (κ2) is 3.64. The van der Waals surface area contributed by atoms with Crippen molar-refractivity contribution in [1.29, 1.82) is 0 Å². The normalized spacial score (nSPS) is 20.7. The van der Waals surface area contributed by atoms with Crippen molar-refractivity contribution in [3.63, 3.8) is 0 Å². The van der Waals surface area contributed by atoms with Gasteiger partial charge >= 0.3 is 5.97 Å². The number of nitrogens with zero attached hydrogens (tertiary/aromatic N) is 2. The molecule has 1 aliphatic heterocycles. The Balaban J connectivity index is 2.41. The van der Waals surface area contributed by atoms with E-state index in [-0.39, 0.29) is 18.7 Å². The first kappa shape index (κ1) is 8.42. The van der Waals surface area contributed by atoms with Crippen LogP contribution in [-0.4, -0.2) is 29.1 Å². The number of oxime groups is 1. The lowest BCUT2D eigenvalue weighted by Crippen LogP contribution is -2.12. The fraction of sp³-hybridized carbons (Fsp3) is 0.500. The van der Waals surface area contributed by atoms with Crippen LogP contribution in [0.5, 0.6) is 0 Å². The van der Waals surface area contributed by atoms with Gasteiger partial charge < -0.3 is 9.94 Å². The molecule has 0 aliphatic carbocycles. The predicted octanol–water partition coefficient (Wildman–Crippen LogP) is -0.101. The molecule has 0 amide bonds. The number of carboxylic acid groups (broad SMARTS) is 1. The molecule has 1 aliphatic rings. The standard InChI is InChI=1S/C6H6N2O4/c9-3-7-5-1-4(12-8-5)2-6(10)11/h4H,1-2H2,(H,10,11). The van der Waals surface area contributed by atoms with E-state index in [0.717, 1.165) is 0 Å². The fourth-order valence-electron chi connectivity index (χ4n) is 0.836. The maximum absolute atomic E-state index is 10.2. The minimum atomic E-state index is -0.966. The van der Waals surface area contributed by atoms with Crippen LogP contribution in [-0.2, 0) is 14.4 Å². The second-order valence-electron chi connectivity index (χ2n) is 2.24. The summed E-state index contributed by atoms with van der Waals surface area (Å²) in [5, 5.41) is 11.7. The number of carboxylic acids is 1. The third-order valence-corrected chi connectivity index (χ3v) is 1.29. The zero-order valence-electron chi connectivity index (χ0n) is 6.06. The molecule has 6 heteroatoms. The van der Waals surface area contributed by atoms with E-state index < -0.39 is 12.1 Å². The summed E-state index contributed by atoms with van der Waals surface area (Å²) in [5.74, 6) is -0.775. The van der Waals surface area contributed by atoms with Crippen LogP contribution < -0.4 is 0 Å². The second-order valence-corrected chi connectivity index (χ2v) is 2.24. The molecule has 1 N–H and O–H groups in total. The van der Waals surface area contributed by atoms with Crippen LogP contribution in [0.3, 0.4) is 0 Å². The molecule has 0 aromatic heterocycles. The maximum Gasteiger partial charge on any atom is 0.307 e. The molecule has 0 saturated heterocycles. The molecule has 64 valence electrons. The predicted molar refractivity (Wildman–Crippen MR) is 37.3 cm³/mol. The van der Waals surface area contributed by atoms with E-state index in [9.17, 15) is 9.59 Å².